The number of quaternary nitrogens is 1. The number of likely N-dealkylation sites (N-methyl/N-ethyl adjacent to an activating group) is 1. The lowest BCUT2D eigenvalue weighted by atomic mass is 10.1. The highest BCUT2D eigenvalue weighted by Gasteiger charge is 2.21. The molecular weight excluding hydrogens is 713 g/mol. The molecule has 318 valence electrons. The fraction of sp³-hybridized carbons (Fsp3) is 0.733. The molecule has 0 aliphatic rings. The summed E-state index contributed by atoms with van der Waals surface area (Å²) in [5.41, 5.74) is 0. The number of nitrogens with zero attached hydrogens (tertiary/aromatic N) is 1. The second-order valence-electron chi connectivity index (χ2n) is 15.3. The molecular formula is C45H80NO8P. The summed E-state index contributed by atoms with van der Waals surface area (Å²) in [6.45, 7) is 4.10. The monoisotopic (exact) mass is 794 g/mol. The minimum absolute atomic E-state index is 0.0445. The van der Waals surface area contributed by atoms with Crippen molar-refractivity contribution in [3.8, 4) is 0 Å². The molecule has 0 N–H and O–H groups in total. The first-order chi connectivity index (χ1) is 26.5. The number of esters is 2. The Morgan fingerprint density at radius 3 is 1.56 bits per heavy atom. The molecule has 0 rings (SSSR count). The van der Waals surface area contributed by atoms with Crippen molar-refractivity contribution >= 4 is 19.8 Å². The van der Waals surface area contributed by atoms with Crippen LogP contribution in [0.3, 0.4) is 0 Å². The van der Waals surface area contributed by atoms with Crippen molar-refractivity contribution < 1.29 is 42.1 Å². The van der Waals surface area contributed by atoms with Gasteiger partial charge in [0.15, 0.2) is 6.10 Å². The van der Waals surface area contributed by atoms with Crippen molar-refractivity contribution in [3.63, 3.8) is 0 Å². The molecule has 0 bridgehead atoms. The van der Waals surface area contributed by atoms with Gasteiger partial charge in [-0.05, 0) is 77.0 Å². The maximum absolute atomic E-state index is 12.6. The van der Waals surface area contributed by atoms with Crippen LogP contribution in [-0.4, -0.2) is 70.0 Å². The number of phosphoric ester groups is 1. The van der Waals surface area contributed by atoms with Gasteiger partial charge >= 0.3 is 11.9 Å². The van der Waals surface area contributed by atoms with Gasteiger partial charge in [-0.15, -0.1) is 0 Å². The topological polar surface area (TPSA) is 111 Å². The summed E-state index contributed by atoms with van der Waals surface area (Å²) in [5, 5.41) is 0. The van der Waals surface area contributed by atoms with Crippen LogP contribution in [-0.2, 0) is 32.7 Å². The van der Waals surface area contributed by atoms with Crippen molar-refractivity contribution in [2.75, 3.05) is 47.5 Å². The van der Waals surface area contributed by atoms with E-state index in [1.807, 2.05) is 27.2 Å². The van der Waals surface area contributed by atoms with Crippen molar-refractivity contribution in [1.29, 1.82) is 0 Å². The molecule has 0 amide bonds. The highest BCUT2D eigenvalue weighted by atomic mass is 31.2. The molecule has 10 heteroatoms. The smallest absolute Gasteiger partial charge is 0.306 e. The van der Waals surface area contributed by atoms with Gasteiger partial charge in [0.25, 0.3) is 7.82 Å². The average Bonchev–Trinajstić information content (AvgIpc) is 3.13. The first-order valence-corrected chi connectivity index (χ1v) is 23.0. The highest BCUT2D eigenvalue weighted by Crippen LogP contribution is 2.38. The van der Waals surface area contributed by atoms with E-state index in [9.17, 15) is 19.0 Å². The standard InChI is InChI=1S/C45H80NO8P/c1-6-8-10-12-14-16-18-20-22-23-24-26-28-30-32-34-36-38-45(48)54-43(42-53-55(49,50)52-40-39-46(3,4)5)41-51-44(47)37-35-33-31-29-27-25-21-19-17-15-13-11-9-7-2/h14,16,19-22,24,26,30,32,43H,6-13,15,17-18,23,25,27-29,31,33-42H2,1-5H3/b16-14-,21-19-,22-20-,26-24-,32-30-/t43-/m1/s1. The van der Waals surface area contributed by atoms with E-state index in [0.717, 1.165) is 51.4 Å². The number of phosphoric acid groups is 1. The zero-order chi connectivity index (χ0) is 40.7. The molecule has 0 aromatic rings. The summed E-state index contributed by atoms with van der Waals surface area (Å²) >= 11 is 0. The summed E-state index contributed by atoms with van der Waals surface area (Å²) < 4.78 is 33.8. The summed E-state index contributed by atoms with van der Waals surface area (Å²) in [7, 11) is 1.12. The van der Waals surface area contributed by atoms with Gasteiger partial charge in [0, 0.05) is 12.8 Å². The number of hydrogen-bond donors (Lipinski definition) is 0. The first kappa shape index (κ1) is 52.7. The summed E-state index contributed by atoms with van der Waals surface area (Å²) in [5.74, 6) is -0.915. The van der Waals surface area contributed by atoms with Crippen LogP contribution in [0.2, 0.25) is 0 Å². The van der Waals surface area contributed by atoms with Gasteiger partial charge in [0.05, 0.1) is 27.7 Å². The van der Waals surface area contributed by atoms with E-state index in [-0.39, 0.29) is 26.1 Å². The Bertz CT molecular complexity index is 1120. The van der Waals surface area contributed by atoms with E-state index in [1.165, 1.54) is 64.2 Å². The number of unbranched alkanes of at least 4 members (excludes halogenated alkanes) is 14. The molecule has 0 spiro atoms. The molecule has 0 radical (unpaired) electrons. The molecule has 0 fully saturated rings. The quantitative estimate of drug-likeness (QED) is 0.0200. The van der Waals surface area contributed by atoms with E-state index < -0.39 is 32.5 Å². The zero-order valence-electron chi connectivity index (χ0n) is 35.6. The highest BCUT2D eigenvalue weighted by molar-refractivity contribution is 7.45. The van der Waals surface area contributed by atoms with Crippen LogP contribution in [0, 0.1) is 0 Å². The maximum atomic E-state index is 12.6. The number of carbonyl (C=O) groups is 2. The third-order valence-corrected chi connectivity index (χ3v) is 9.72. The van der Waals surface area contributed by atoms with Crippen LogP contribution in [0.4, 0.5) is 0 Å². The lowest BCUT2D eigenvalue weighted by molar-refractivity contribution is -0.870. The lowest BCUT2D eigenvalue weighted by Crippen LogP contribution is -2.37. The Kier molecular flexibility index (Phi) is 35.7. The fourth-order valence-electron chi connectivity index (χ4n) is 5.35. The molecule has 2 atom stereocenters. The van der Waals surface area contributed by atoms with Crippen LogP contribution in [0.15, 0.2) is 60.8 Å². The van der Waals surface area contributed by atoms with Crippen LogP contribution in [0.5, 0.6) is 0 Å². The van der Waals surface area contributed by atoms with Gasteiger partial charge in [-0.1, -0.05) is 132 Å². The van der Waals surface area contributed by atoms with E-state index in [0.29, 0.717) is 30.3 Å². The Hall–Kier alpha value is -2.29. The van der Waals surface area contributed by atoms with Crippen molar-refractivity contribution in [2.24, 2.45) is 0 Å². The SMILES string of the molecule is CCCCC/C=C\C/C=C\C/C=C\C/C=C\CCCC(=O)O[C@H](COC(=O)CCCCCCC/C=C\CCCCCCC)COP(=O)([O-])OCC[N+](C)(C)C. The summed E-state index contributed by atoms with van der Waals surface area (Å²) in [6.07, 6.45) is 43.9. The van der Waals surface area contributed by atoms with Crippen LogP contribution in [0.1, 0.15) is 162 Å². The van der Waals surface area contributed by atoms with Gasteiger partial charge in [0.2, 0.25) is 0 Å². The third kappa shape index (κ3) is 41.2. The maximum Gasteiger partial charge on any atom is 0.306 e. The molecule has 1 unspecified atom stereocenters. The minimum atomic E-state index is -4.64. The molecule has 0 aromatic carbocycles. The number of hydrogen-bond acceptors (Lipinski definition) is 8. The second kappa shape index (κ2) is 37.3. The van der Waals surface area contributed by atoms with Gasteiger partial charge in [0.1, 0.15) is 19.8 Å². The van der Waals surface area contributed by atoms with Crippen LogP contribution in [0.25, 0.3) is 0 Å². The lowest BCUT2D eigenvalue weighted by Gasteiger charge is -2.28. The Morgan fingerprint density at radius 2 is 1.00 bits per heavy atom. The molecule has 0 aliphatic carbocycles. The van der Waals surface area contributed by atoms with Gasteiger partial charge in [-0.25, -0.2) is 0 Å². The number of allylic oxidation sites excluding steroid dienone is 10. The predicted molar refractivity (Wildman–Crippen MR) is 226 cm³/mol. The number of rotatable bonds is 38. The normalized spacial score (nSPS) is 14.2. The molecule has 0 aliphatic heterocycles. The van der Waals surface area contributed by atoms with E-state index in [2.05, 4.69) is 68.5 Å². The van der Waals surface area contributed by atoms with E-state index >= 15 is 0 Å². The van der Waals surface area contributed by atoms with Crippen LogP contribution >= 0.6 is 7.82 Å². The third-order valence-electron chi connectivity index (χ3n) is 8.76. The predicted octanol–water partition coefficient (Wildman–Crippen LogP) is 11.4. The minimum Gasteiger partial charge on any atom is -0.756 e. The summed E-state index contributed by atoms with van der Waals surface area (Å²) in [6, 6.07) is 0. The van der Waals surface area contributed by atoms with Crippen molar-refractivity contribution in [3.05, 3.63) is 60.8 Å². The Morgan fingerprint density at radius 1 is 0.564 bits per heavy atom. The van der Waals surface area contributed by atoms with Crippen molar-refractivity contribution in [1.82, 2.24) is 0 Å². The van der Waals surface area contributed by atoms with Crippen LogP contribution < -0.4 is 4.89 Å². The van der Waals surface area contributed by atoms with Gasteiger partial charge in [-0.2, -0.15) is 0 Å². The zero-order valence-corrected chi connectivity index (χ0v) is 36.5. The number of carbonyl (C=O) groups excluding carboxylic acids is 2. The van der Waals surface area contributed by atoms with Gasteiger partial charge < -0.3 is 27.9 Å². The molecule has 0 saturated carbocycles. The molecule has 9 nitrogen and oxygen atoms in total. The Balaban J connectivity index is 4.51. The summed E-state index contributed by atoms with van der Waals surface area (Å²) in [4.78, 5) is 37.5. The Labute approximate surface area is 336 Å². The molecule has 0 heterocycles. The van der Waals surface area contributed by atoms with Gasteiger partial charge in [-0.3, -0.25) is 14.2 Å². The molecule has 0 aromatic heterocycles. The second-order valence-corrected chi connectivity index (χ2v) is 16.8. The number of ether oxygens (including phenoxy) is 2. The first-order valence-electron chi connectivity index (χ1n) is 21.5. The van der Waals surface area contributed by atoms with Crippen molar-refractivity contribution in [2.45, 2.75) is 168 Å². The largest absolute Gasteiger partial charge is 0.756 e. The average molecular weight is 794 g/mol. The van der Waals surface area contributed by atoms with E-state index in [4.69, 9.17) is 18.5 Å². The molecule has 0 saturated heterocycles. The molecule has 55 heavy (non-hydrogen) atoms. The van der Waals surface area contributed by atoms with E-state index in [1.54, 1.807) is 0 Å². The fourth-order valence-corrected chi connectivity index (χ4v) is 6.07.